The van der Waals surface area contributed by atoms with E-state index in [1.165, 1.54) is 7.11 Å². The van der Waals surface area contributed by atoms with Crippen LogP contribution in [0.25, 0.3) is 12.3 Å². The lowest BCUT2D eigenvalue weighted by atomic mass is 10.2. The second-order valence-corrected chi connectivity index (χ2v) is 6.93. The van der Waals surface area contributed by atoms with Crippen LogP contribution in [0.4, 0.5) is 0 Å². The first-order chi connectivity index (χ1) is 11.2. The van der Waals surface area contributed by atoms with E-state index in [4.69, 9.17) is 8.92 Å². The first-order valence-electron chi connectivity index (χ1n) is 7.15. The summed E-state index contributed by atoms with van der Waals surface area (Å²) in [4.78, 5) is 11.5. The highest BCUT2D eigenvalue weighted by Crippen LogP contribution is 2.29. The standard InChI is InChI=1S/C17H19NO5S/c1-12-9-15(19)10-13(2)18(12)8-7-14-5-6-16(22-3)17(11-14)23-24(4,20)21/h5-11H,1-4H3/b8-7+. The van der Waals surface area contributed by atoms with Gasteiger partial charge < -0.3 is 13.5 Å². The normalized spacial score (nSPS) is 11.7. The van der Waals surface area contributed by atoms with Crippen molar-refractivity contribution in [3.05, 3.63) is 57.5 Å². The molecule has 0 unspecified atom stereocenters. The van der Waals surface area contributed by atoms with E-state index in [0.29, 0.717) is 5.75 Å². The van der Waals surface area contributed by atoms with Crippen LogP contribution in [0.15, 0.2) is 35.1 Å². The number of benzene rings is 1. The van der Waals surface area contributed by atoms with Crippen LogP contribution in [0.2, 0.25) is 0 Å². The van der Waals surface area contributed by atoms with Gasteiger partial charge in [-0.3, -0.25) is 4.79 Å². The largest absolute Gasteiger partial charge is 0.493 e. The highest BCUT2D eigenvalue weighted by molar-refractivity contribution is 7.86. The van der Waals surface area contributed by atoms with Crippen molar-refractivity contribution in [1.82, 2.24) is 4.57 Å². The number of hydrogen-bond donors (Lipinski definition) is 0. The van der Waals surface area contributed by atoms with Gasteiger partial charge in [0.05, 0.1) is 13.4 Å². The molecular weight excluding hydrogens is 330 g/mol. The average Bonchev–Trinajstić information content (AvgIpc) is 2.44. The fourth-order valence-corrected chi connectivity index (χ4v) is 2.75. The molecular formula is C17H19NO5S. The van der Waals surface area contributed by atoms with E-state index in [2.05, 4.69) is 0 Å². The van der Waals surface area contributed by atoms with Crippen LogP contribution in [-0.2, 0) is 10.1 Å². The summed E-state index contributed by atoms with van der Waals surface area (Å²) in [5.74, 6) is 0.448. The maximum absolute atomic E-state index is 11.5. The molecule has 0 aliphatic rings. The minimum absolute atomic E-state index is 0.0389. The smallest absolute Gasteiger partial charge is 0.306 e. The van der Waals surface area contributed by atoms with Crippen molar-refractivity contribution in [2.75, 3.05) is 13.4 Å². The molecule has 6 nitrogen and oxygen atoms in total. The summed E-state index contributed by atoms with van der Waals surface area (Å²) in [7, 11) is -2.22. The van der Waals surface area contributed by atoms with Gasteiger partial charge in [-0.1, -0.05) is 6.07 Å². The third-order valence-corrected chi connectivity index (χ3v) is 3.79. The molecule has 1 aromatic carbocycles. The van der Waals surface area contributed by atoms with Gasteiger partial charge in [-0.25, -0.2) is 0 Å². The SMILES string of the molecule is COc1ccc(/C=C/n2c(C)cc(=O)cc2C)cc1OS(C)(=O)=O. The molecule has 0 N–H and O–H groups in total. The number of pyridine rings is 1. The number of methoxy groups -OCH3 is 1. The summed E-state index contributed by atoms with van der Waals surface area (Å²) < 4.78 is 34.6. The Hall–Kier alpha value is -2.54. The summed E-state index contributed by atoms with van der Waals surface area (Å²) in [5, 5.41) is 0. The second-order valence-electron chi connectivity index (χ2n) is 5.36. The molecule has 1 heterocycles. The predicted molar refractivity (Wildman–Crippen MR) is 93.9 cm³/mol. The molecule has 2 aromatic rings. The molecule has 0 amide bonds. The molecule has 0 saturated carbocycles. The minimum atomic E-state index is -3.66. The van der Waals surface area contributed by atoms with Gasteiger partial charge in [0.1, 0.15) is 0 Å². The fourth-order valence-electron chi connectivity index (χ4n) is 2.29. The zero-order valence-electron chi connectivity index (χ0n) is 13.9. The molecule has 0 fully saturated rings. The van der Waals surface area contributed by atoms with Crippen LogP contribution >= 0.6 is 0 Å². The third kappa shape index (κ3) is 4.48. The first-order valence-corrected chi connectivity index (χ1v) is 8.97. The Morgan fingerprint density at radius 2 is 1.67 bits per heavy atom. The topological polar surface area (TPSA) is 74.6 Å². The van der Waals surface area contributed by atoms with Crippen LogP contribution in [-0.4, -0.2) is 26.4 Å². The Labute approximate surface area is 141 Å². The van der Waals surface area contributed by atoms with E-state index in [1.807, 2.05) is 18.4 Å². The molecule has 0 bridgehead atoms. The van der Waals surface area contributed by atoms with Crippen LogP contribution in [0.5, 0.6) is 11.5 Å². The minimum Gasteiger partial charge on any atom is -0.493 e. The first kappa shape index (κ1) is 17.8. The fraction of sp³-hybridized carbons (Fsp3) is 0.235. The predicted octanol–water partition coefficient (Wildman–Crippen LogP) is 2.44. The number of rotatable bonds is 5. The lowest BCUT2D eigenvalue weighted by Gasteiger charge is -2.10. The molecule has 128 valence electrons. The molecule has 0 saturated heterocycles. The number of ether oxygens (including phenoxy) is 1. The maximum atomic E-state index is 11.5. The lowest BCUT2D eigenvalue weighted by Crippen LogP contribution is -2.08. The van der Waals surface area contributed by atoms with E-state index >= 15 is 0 Å². The highest BCUT2D eigenvalue weighted by atomic mass is 32.2. The van der Waals surface area contributed by atoms with Crippen molar-refractivity contribution in [2.45, 2.75) is 13.8 Å². The number of hydrogen-bond acceptors (Lipinski definition) is 5. The van der Waals surface area contributed by atoms with E-state index < -0.39 is 10.1 Å². The quantitative estimate of drug-likeness (QED) is 0.775. The summed E-state index contributed by atoms with van der Waals surface area (Å²) in [6.45, 7) is 3.68. The molecule has 7 heteroatoms. The molecule has 24 heavy (non-hydrogen) atoms. The highest BCUT2D eigenvalue weighted by Gasteiger charge is 2.11. The number of aromatic nitrogens is 1. The monoisotopic (exact) mass is 349 g/mol. The Balaban J connectivity index is 2.40. The summed E-state index contributed by atoms with van der Waals surface area (Å²) in [6.07, 6.45) is 4.57. The summed E-state index contributed by atoms with van der Waals surface area (Å²) >= 11 is 0. The average molecular weight is 349 g/mol. The Bertz CT molecular complexity index is 916. The zero-order chi connectivity index (χ0) is 17.9. The van der Waals surface area contributed by atoms with E-state index in [-0.39, 0.29) is 11.2 Å². The van der Waals surface area contributed by atoms with Crippen molar-refractivity contribution < 1.29 is 17.3 Å². The molecule has 1 aromatic heterocycles. The third-order valence-electron chi connectivity index (χ3n) is 3.31. The van der Waals surface area contributed by atoms with Crippen molar-refractivity contribution in [1.29, 1.82) is 0 Å². The van der Waals surface area contributed by atoms with Crippen molar-refractivity contribution in [2.24, 2.45) is 0 Å². The van der Waals surface area contributed by atoms with E-state index in [1.54, 1.807) is 42.6 Å². The molecule has 0 spiro atoms. The van der Waals surface area contributed by atoms with Crippen LogP contribution < -0.4 is 14.3 Å². The lowest BCUT2D eigenvalue weighted by molar-refractivity contribution is 0.391. The van der Waals surface area contributed by atoms with Gasteiger partial charge in [0.2, 0.25) is 0 Å². The van der Waals surface area contributed by atoms with Gasteiger partial charge in [-0.2, -0.15) is 8.42 Å². The van der Waals surface area contributed by atoms with Gasteiger partial charge in [0.15, 0.2) is 16.9 Å². The Morgan fingerprint density at radius 1 is 1.04 bits per heavy atom. The summed E-state index contributed by atoms with van der Waals surface area (Å²) in [5.41, 5.74) is 2.30. The Morgan fingerprint density at radius 3 is 2.21 bits per heavy atom. The molecule has 0 atom stereocenters. The molecule has 0 aliphatic carbocycles. The van der Waals surface area contributed by atoms with Gasteiger partial charge in [0.25, 0.3) is 0 Å². The zero-order valence-corrected chi connectivity index (χ0v) is 14.8. The van der Waals surface area contributed by atoms with Crippen molar-refractivity contribution in [3.8, 4) is 11.5 Å². The van der Waals surface area contributed by atoms with Gasteiger partial charge >= 0.3 is 10.1 Å². The molecule has 0 radical (unpaired) electrons. The number of aryl methyl sites for hydroxylation is 2. The van der Waals surface area contributed by atoms with E-state index in [0.717, 1.165) is 23.2 Å². The summed E-state index contributed by atoms with van der Waals surface area (Å²) in [6, 6.07) is 8.07. The van der Waals surface area contributed by atoms with Gasteiger partial charge in [-0.15, -0.1) is 0 Å². The van der Waals surface area contributed by atoms with Crippen LogP contribution in [0, 0.1) is 13.8 Å². The molecule has 0 aliphatic heterocycles. The van der Waals surface area contributed by atoms with Crippen LogP contribution in [0.1, 0.15) is 17.0 Å². The molecule has 2 rings (SSSR count). The van der Waals surface area contributed by atoms with Crippen molar-refractivity contribution >= 4 is 22.4 Å². The van der Waals surface area contributed by atoms with Gasteiger partial charge in [0, 0.05) is 29.7 Å². The second kappa shape index (κ2) is 6.92. The maximum Gasteiger partial charge on any atom is 0.306 e. The van der Waals surface area contributed by atoms with Crippen LogP contribution in [0.3, 0.4) is 0 Å². The Kier molecular flexibility index (Phi) is 5.14. The van der Waals surface area contributed by atoms with E-state index in [9.17, 15) is 13.2 Å². The van der Waals surface area contributed by atoms with Gasteiger partial charge in [-0.05, 0) is 37.6 Å². The number of nitrogens with zero attached hydrogens (tertiary/aromatic N) is 1. The van der Waals surface area contributed by atoms with Crippen molar-refractivity contribution in [3.63, 3.8) is 0 Å².